The van der Waals surface area contributed by atoms with Gasteiger partial charge in [0.15, 0.2) is 0 Å². The standard InChI is InChI=1S/C49H31NO2/c1-3-15-32(16-4-1)33-29-30-41-46(31-33)52-44-27-12-9-24-40(44)49(41)39-23-8-11-26-43(39)51-45-28-14-20-36(47(45)49)38-22-13-21-37-35-19-7-10-25-42(35)50(48(37)38)34-17-5-2-6-18-34/h1-31H. The molecular formula is C49H31NO2. The van der Waals surface area contributed by atoms with Gasteiger partial charge in [-0.25, -0.2) is 0 Å². The van der Waals surface area contributed by atoms with E-state index >= 15 is 0 Å². The highest BCUT2D eigenvalue weighted by molar-refractivity contribution is 6.14. The molecule has 1 atom stereocenters. The highest BCUT2D eigenvalue weighted by Crippen LogP contribution is 2.63. The van der Waals surface area contributed by atoms with E-state index in [0.29, 0.717) is 0 Å². The zero-order valence-electron chi connectivity index (χ0n) is 28.2. The molecule has 0 fully saturated rings. The maximum atomic E-state index is 6.93. The molecule has 0 amide bonds. The Bertz CT molecular complexity index is 2840. The summed E-state index contributed by atoms with van der Waals surface area (Å²) in [6, 6.07) is 66.9. The Morgan fingerprint density at radius 3 is 1.75 bits per heavy atom. The summed E-state index contributed by atoms with van der Waals surface area (Å²) in [6.07, 6.45) is 0. The second kappa shape index (κ2) is 11.1. The van der Waals surface area contributed by atoms with Crippen molar-refractivity contribution in [2.45, 2.75) is 5.41 Å². The lowest BCUT2D eigenvalue weighted by molar-refractivity contribution is 0.400. The van der Waals surface area contributed by atoms with Gasteiger partial charge in [-0.2, -0.15) is 0 Å². The topological polar surface area (TPSA) is 23.4 Å². The monoisotopic (exact) mass is 665 g/mol. The van der Waals surface area contributed by atoms with Gasteiger partial charge in [0.1, 0.15) is 23.0 Å². The molecule has 1 aromatic heterocycles. The van der Waals surface area contributed by atoms with Gasteiger partial charge in [-0.05, 0) is 59.2 Å². The molecule has 11 rings (SSSR count). The van der Waals surface area contributed by atoms with Crippen molar-refractivity contribution in [1.82, 2.24) is 4.57 Å². The number of nitrogens with zero attached hydrogens (tertiary/aromatic N) is 1. The molecule has 3 heterocycles. The van der Waals surface area contributed by atoms with Crippen LogP contribution in [0.3, 0.4) is 0 Å². The molecule has 0 saturated heterocycles. The summed E-state index contributed by atoms with van der Waals surface area (Å²) >= 11 is 0. The number of ether oxygens (including phenoxy) is 2. The summed E-state index contributed by atoms with van der Waals surface area (Å²) in [7, 11) is 0. The van der Waals surface area contributed by atoms with Crippen molar-refractivity contribution in [3.63, 3.8) is 0 Å². The van der Waals surface area contributed by atoms with E-state index in [2.05, 4.69) is 193 Å². The maximum absolute atomic E-state index is 6.93. The first-order valence-electron chi connectivity index (χ1n) is 17.8. The van der Waals surface area contributed by atoms with E-state index in [1.807, 2.05) is 0 Å². The summed E-state index contributed by atoms with van der Waals surface area (Å²) in [4.78, 5) is 0. The van der Waals surface area contributed by atoms with Gasteiger partial charge in [0, 0.05) is 44.3 Å². The molecule has 3 nitrogen and oxygen atoms in total. The Labute approximate surface area is 301 Å². The number of benzene rings is 8. The van der Waals surface area contributed by atoms with Crippen LogP contribution >= 0.6 is 0 Å². The Kier molecular flexibility index (Phi) is 6.17. The van der Waals surface area contributed by atoms with Crippen LogP contribution in [0.5, 0.6) is 23.0 Å². The van der Waals surface area contributed by atoms with Crippen LogP contribution < -0.4 is 9.47 Å². The van der Waals surface area contributed by atoms with E-state index in [0.717, 1.165) is 78.7 Å². The SMILES string of the molecule is c1ccc(-c2ccc3c(c2)Oc2ccccc2C32c3ccccc3Oc3cccc(-c4cccc5c6ccccc6n(-c6ccccc6)c45)c32)cc1. The Morgan fingerprint density at radius 1 is 0.385 bits per heavy atom. The van der Waals surface area contributed by atoms with Crippen LogP contribution in [-0.2, 0) is 5.41 Å². The van der Waals surface area contributed by atoms with Crippen LogP contribution in [0.25, 0.3) is 49.7 Å². The van der Waals surface area contributed by atoms with E-state index < -0.39 is 5.41 Å². The van der Waals surface area contributed by atoms with Crippen molar-refractivity contribution in [1.29, 1.82) is 0 Å². The quantitative estimate of drug-likeness (QED) is 0.187. The van der Waals surface area contributed by atoms with Crippen LogP contribution in [0.15, 0.2) is 188 Å². The normalized spacial score (nSPS) is 15.3. The van der Waals surface area contributed by atoms with Gasteiger partial charge in [-0.1, -0.05) is 146 Å². The van der Waals surface area contributed by atoms with Gasteiger partial charge in [-0.15, -0.1) is 0 Å². The molecule has 3 heteroatoms. The van der Waals surface area contributed by atoms with E-state index in [9.17, 15) is 0 Å². The van der Waals surface area contributed by atoms with Gasteiger partial charge in [-0.3, -0.25) is 0 Å². The fraction of sp³-hybridized carbons (Fsp3) is 0.0204. The molecule has 2 aliphatic rings. The summed E-state index contributed by atoms with van der Waals surface area (Å²) in [5.74, 6) is 3.37. The molecule has 244 valence electrons. The van der Waals surface area contributed by atoms with Gasteiger partial charge in [0.2, 0.25) is 0 Å². The minimum Gasteiger partial charge on any atom is -0.457 e. The molecular weight excluding hydrogens is 635 g/mol. The van der Waals surface area contributed by atoms with Crippen molar-refractivity contribution < 1.29 is 9.47 Å². The summed E-state index contributed by atoms with van der Waals surface area (Å²) in [5, 5.41) is 2.43. The molecule has 0 saturated carbocycles. The number of hydrogen-bond donors (Lipinski definition) is 0. The van der Waals surface area contributed by atoms with Crippen LogP contribution in [0.2, 0.25) is 0 Å². The van der Waals surface area contributed by atoms with Crippen LogP contribution in [0, 0.1) is 0 Å². The van der Waals surface area contributed by atoms with Crippen LogP contribution in [-0.4, -0.2) is 4.57 Å². The lowest BCUT2D eigenvalue weighted by atomic mass is 9.60. The second-order valence-corrected chi connectivity index (χ2v) is 13.6. The Balaban J connectivity index is 1.29. The first-order valence-corrected chi connectivity index (χ1v) is 17.8. The fourth-order valence-corrected chi connectivity index (χ4v) is 8.84. The number of rotatable bonds is 3. The number of aromatic nitrogens is 1. The second-order valence-electron chi connectivity index (χ2n) is 13.6. The predicted octanol–water partition coefficient (Wildman–Crippen LogP) is 12.7. The van der Waals surface area contributed by atoms with Crippen molar-refractivity contribution in [3.05, 3.63) is 210 Å². The summed E-state index contributed by atoms with van der Waals surface area (Å²) < 4.78 is 16.2. The summed E-state index contributed by atoms with van der Waals surface area (Å²) in [5.41, 5.74) is 11.6. The molecule has 0 aliphatic carbocycles. The average Bonchev–Trinajstić information content (AvgIpc) is 3.56. The minimum absolute atomic E-state index is 0.744. The minimum atomic E-state index is -0.744. The highest BCUT2D eigenvalue weighted by Gasteiger charge is 2.52. The summed E-state index contributed by atoms with van der Waals surface area (Å²) in [6.45, 7) is 0. The Hall–Kier alpha value is -6.84. The first kappa shape index (κ1) is 28.9. The van der Waals surface area contributed by atoms with E-state index in [4.69, 9.17) is 9.47 Å². The van der Waals surface area contributed by atoms with Crippen molar-refractivity contribution in [2.75, 3.05) is 0 Å². The lowest BCUT2D eigenvalue weighted by Gasteiger charge is -2.45. The van der Waals surface area contributed by atoms with Gasteiger partial charge >= 0.3 is 0 Å². The van der Waals surface area contributed by atoms with E-state index in [-0.39, 0.29) is 0 Å². The largest absolute Gasteiger partial charge is 0.457 e. The average molecular weight is 666 g/mol. The third-order valence-electron chi connectivity index (χ3n) is 10.9. The molecule has 0 bridgehead atoms. The fourth-order valence-electron chi connectivity index (χ4n) is 8.84. The number of fused-ring (bicyclic) bond motifs is 11. The van der Waals surface area contributed by atoms with E-state index in [1.165, 1.54) is 16.3 Å². The van der Waals surface area contributed by atoms with Gasteiger partial charge in [0.05, 0.1) is 16.4 Å². The molecule has 8 aromatic carbocycles. The Morgan fingerprint density at radius 2 is 0.962 bits per heavy atom. The molecule has 0 N–H and O–H groups in total. The molecule has 1 spiro atoms. The lowest BCUT2D eigenvalue weighted by Crippen LogP contribution is -2.37. The molecule has 1 unspecified atom stereocenters. The third kappa shape index (κ3) is 3.96. The third-order valence-corrected chi connectivity index (χ3v) is 10.9. The first-order chi connectivity index (χ1) is 25.8. The molecule has 52 heavy (non-hydrogen) atoms. The number of para-hydroxylation sites is 5. The van der Waals surface area contributed by atoms with Crippen molar-refractivity contribution in [3.8, 4) is 50.9 Å². The van der Waals surface area contributed by atoms with Crippen molar-refractivity contribution in [2.24, 2.45) is 0 Å². The smallest absolute Gasteiger partial charge is 0.132 e. The maximum Gasteiger partial charge on any atom is 0.132 e. The molecule has 0 radical (unpaired) electrons. The zero-order valence-corrected chi connectivity index (χ0v) is 28.2. The van der Waals surface area contributed by atoms with E-state index in [1.54, 1.807) is 0 Å². The van der Waals surface area contributed by atoms with Crippen LogP contribution in [0.4, 0.5) is 0 Å². The van der Waals surface area contributed by atoms with Gasteiger partial charge in [0.25, 0.3) is 0 Å². The van der Waals surface area contributed by atoms with Crippen LogP contribution in [0.1, 0.15) is 22.3 Å². The van der Waals surface area contributed by atoms with Crippen molar-refractivity contribution >= 4 is 21.8 Å². The predicted molar refractivity (Wildman–Crippen MR) is 210 cm³/mol. The van der Waals surface area contributed by atoms with Gasteiger partial charge < -0.3 is 14.0 Å². The number of hydrogen-bond acceptors (Lipinski definition) is 2. The molecule has 2 aliphatic heterocycles. The highest BCUT2D eigenvalue weighted by atomic mass is 16.5. The molecule has 9 aromatic rings. The zero-order chi connectivity index (χ0) is 34.2.